The maximum Gasteiger partial charge on any atom is 0.231 e. The van der Waals surface area contributed by atoms with E-state index in [1.54, 1.807) is 0 Å². The minimum atomic E-state index is 0.186. The van der Waals surface area contributed by atoms with Gasteiger partial charge in [-0.2, -0.15) is 11.8 Å². The summed E-state index contributed by atoms with van der Waals surface area (Å²) in [6.45, 7) is 5.19. The molecule has 2 atom stereocenters. The first-order chi connectivity index (χ1) is 9.69. The fourth-order valence-electron chi connectivity index (χ4n) is 2.80. The van der Waals surface area contributed by atoms with Gasteiger partial charge in [0.25, 0.3) is 0 Å². The molecular weight excluding hydrogens is 296 g/mol. The molecule has 0 amide bonds. The zero-order valence-corrected chi connectivity index (χ0v) is 13.0. The number of hydrogen-bond acceptors (Lipinski definition) is 5. The minimum absolute atomic E-state index is 0.186. The van der Waals surface area contributed by atoms with Gasteiger partial charge in [0, 0.05) is 36.7 Å². The van der Waals surface area contributed by atoms with Crippen molar-refractivity contribution in [3.8, 4) is 11.5 Å². The van der Waals surface area contributed by atoms with Gasteiger partial charge in [0.15, 0.2) is 11.5 Å². The SMILES string of the molecule is CC1CN(C(CN)c2cc(Cl)c3c(c2)OCO3)CCS1. The van der Waals surface area contributed by atoms with Crippen LogP contribution < -0.4 is 15.2 Å². The average Bonchev–Trinajstić information content (AvgIpc) is 2.88. The zero-order chi connectivity index (χ0) is 14.1. The summed E-state index contributed by atoms with van der Waals surface area (Å²) in [5.41, 5.74) is 7.12. The quantitative estimate of drug-likeness (QED) is 0.929. The van der Waals surface area contributed by atoms with Crippen LogP contribution in [0.1, 0.15) is 18.5 Å². The maximum absolute atomic E-state index is 6.27. The summed E-state index contributed by atoms with van der Waals surface area (Å²) >= 11 is 8.29. The molecule has 1 fully saturated rings. The second kappa shape index (κ2) is 6.02. The van der Waals surface area contributed by atoms with E-state index >= 15 is 0 Å². The summed E-state index contributed by atoms with van der Waals surface area (Å²) in [5, 5.41) is 1.25. The van der Waals surface area contributed by atoms with Gasteiger partial charge in [0.05, 0.1) is 5.02 Å². The molecule has 20 heavy (non-hydrogen) atoms. The molecule has 2 aliphatic rings. The van der Waals surface area contributed by atoms with E-state index in [0.29, 0.717) is 22.6 Å². The van der Waals surface area contributed by atoms with Crippen LogP contribution in [0.4, 0.5) is 0 Å². The van der Waals surface area contributed by atoms with Crippen LogP contribution in [0.5, 0.6) is 11.5 Å². The highest BCUT2D eigenvalue weighted by molar-refractivity contribution is 7.99. The number of ether oxygens (including phenoxy) is 2. The fraction of sp³-hybridized carbons (Fsp3) is 0.571. The summed E-state index contributed by atoms with van der Waals surface area (Å²) in [6.07, 6.45) is 0. The third-order valence-electron chi connectivity index (χ3n) is 3.77. The molecule has 1 aromatic rings. The third kappa shape index (κ3) is 2.72. The van der Waals surface area contributed by atoms with Crippen LogP contribution in [0, 0.1) is 0 Å². The molecule has 1 aromatic carbocycles. The summed E-state index contributed by atoms with van der Waals surface area (Å²) < 4.78 is 10.8. The Bertz CT molecular complexity index is 500. The molecular formula is C14H19ClN2O2S. The zero-order valence-electron chi connectivity index (χ0n) is 11.5. The fourth-order valence-corrected chi connectivity index (χ4v) is 4.12. The second-order valence-corrected chi connectivity index (χ2v) is 7.12. The summed E-state index contributed by atoms with van der Waals surface area (Å²) in [4.78, 5) is 2.44. The lowest BCUT2D eigenvalue weighted by atomic mass is 10.0. The Hall–Kier alpha value is -0.620. The molecule has 110 valence electrons. The van der Waals surface area contributed by atoms with Crippen LogP contribution in [-0.4, -0.2) is 42.3 Å². The number of fused-ring (bicyclic) bond motifs is 1. The lowest BCUT2D eigenvalue weighted by Crippen LogP contribution is -2.42. The van der Waals surface area contributed by atoms with Crippen LogP contribution in [0.25, 0.3) is 0 Å². The van der Waals surface area contributed by atoms with E-state index in [4.69, 9.17) is 26.8 Å². The lowest BCUT2D eigenvalue weighted by molar-refractivity contribution is 0.173. The number of rotatable bonds is 3. The van der Waals surface area contributed by atoms with Gasteiger partial charge in [-0.15, -0.1) is 0 Å². The van der Waals surface area contributed by atoms with E-state index in [1.807, 2.05) is 23.9 Å². The van der Waals surface area contributed by atoms with E-state index in [-0.39, 0.29) is 12.8 Å². The molecule has 3 rings (SSSR count). The van der Waals surface area contributed by atoms with Crippen molar-refractivity contribution in [1.29, 1.82) is 0 Å². The first kappa shape index (κ1) is 14.3. The van der Waals surface area contributed by atoms with Crippen LogP contribution in [0.3, 0.4) is 0 Å². The van der Waals surface area contributed by atoms with Crippen LogP contribution >= 0.6 is 23.4 Å². The van der Waals surface area contributed by atoms with Crippen molar-refractivity contribution in [2.75, 3.05) is 32.2 Å². The van der Waals surface area contributed by atoms with Crippen molar-refractivity contribution in [1.82, 2.24) is 4.90 Å². The number of nitrogens with two attached hydrogens (primary N) is 1. The Labute approximate surface area is 128 Å². The number of hydrogen-bond donors (Lipinski definition) is 1. The standard InChI is InChI=1S/C14H19ClN2O2S/c1-9-7-17(2-3-20-9)12(6-16)10-4-11(15)14-13(5-10)18-8-19-14/h4-5,9,12H,2-3,6-8,16H2,1H3. The Morgan fingerprint density at radius 3 is 3.10 bits per heavy atom. The molecule has 0 bridgehead atoms. The van der Waals surface area contributed by atoms with Crippen molar-refractivity contribution >= 4 is 23.4 Å². The highest BCUT2D eigenvalue weighted by atomic mass is 35.5. The summed E-state index contributed by atoms with van der Waals surface area (Å²) in [6, 6.07) is 4.15. The van der Waals surface area contributed by atoms with Crippen molar-refractivity contribution in [3.63, 3.8) is 0 Å². The molecule has 2 N–H and O–H groups in total. The monoisotopic (exact) mass is 314 g/mol. The first-order valence-corrected chi connectivity index (χ1v) is 8.26. The van der Waals surface area contributed by atoms with Gasteiger partial charge in [0.2, 0.25) is 6.79 Å². The lowest BCUT2D eigenvalue weighted by Gasteiger charge is -2.36. The third-order valence-corrected chi connectivity index (χ3v) is 5.19. The predicted octanol–water partition coefficient (Wildman–Crippen LogP) is 2.51. The molecule has 0 aliphatic carbocycles. The van der Waals surface area contributed by atoms with E-state index in [0.717, 1.165) is 30.2 Å². The van der Waals surface area contributed by atoms with E-state index in [2.05, 4.69) is 11.8 Å². The molecule has 2 aliphatic heterocycles. The van der Waals surface area contributed by atoms with E-state index in [9.17, 15) is 0 Å². The topological polar surface area (TPSA) is 47.7 Å². The van der Waals surface area contributed by atoms with Gasteiger partial charge in [-0.25, -0.2) is 0 Å². The summed E-state index contributed by atoms with van der Waals surface area (Å²) in [5.74, 6) is 2.52. The molecule has 4 nitrogen and oxygen atoms in total. The van der Waals surface area contributed by atoms with E-state index < -0.39 is 0 Å². The van der Waals surface area contributed by atoms with Gasteiger partial charge < -0.3 is 15.2 Å². The first-order valence-electron chi connectivity index (χ1n) is 6.84. The molecule has 6 heteroatoms. The minimum Gasteiger partial charge on any atom is -0.454 e. The van der Waals surface area contributed by atoms with Crippen molar-refractivity contribution < 1.29 is 9.47 Å². The highest BCUT2D eigenvalue weighted by Gasteiger charge is 2.27. The summed E-state index contributed by atoms with van der Waals surface area (Å²) in [7, 11) is 0. The van der Waals surface area contributed by atoms with Crippen molar-refractivity contribution in [3.05, 3.63) is 22.7 Å². The van der Waals surface area contributed by atoms with E-state index in [1.165, 1.54) is 0 Å². The normalized spacial score (nSPS) is 23.9. The molecule has 0 saturated carbocycles. The highest BCUT2D eigenvalue weighted by Crippen LogP contribution is 2.42. The van der Waals surface area contributed by atoms with Gasteiger partial charge in [-0.1, -0.05) is 18.5 Å². The van der Waals surface area contributed by atoms with Gasteiger partial charge in [-0.05, 0) is 17.7 Å². The molecule has 2 unspecified atom stereocenters. The average molecular weight is 315 g/mol. The van der Waals surface area contributed by atoms with Crippen molar-refractivity contribution in [2.45, 2.75) is 18.2 Å². The van der Waals surface area contributed by atoms with Crippen molar-refractivity contribution in [2.24, 2.45) is 5.73 Å². The van der Waals surface area contributed by atoms with Crippen LogP contribution in [-0.2, 0) is 0 Å². The van der Waals surface area contributed by atoms with Gasteiger partial charge in [0.1, 0.15) is 0 Å². The molecule has 2 heterocycles. The maximum atomic E-state index is 6.27. The molecule has 0 spiro atoms. The molecule has 1 saturated heterocycles. The number of benzene rings is 1. The van der Waals surface area contributed by atoms with Crippen LogP contribution in [0.2, 0.25) is 5.02 Å². The number of nitrogens with zero attached hydrogens (tertiary/aromatic N) is 1. The smallest absolute Gasteiger partial charge is 0.231 e. The molecule has 0 radical (unpaired) electrons. The van der Waals surface area contributed by atoms with Gasteiger partial charge in [-0.3, -0.25) is 4.90 Å². The Kier molecular flexibility index (Phi) is 4.31. The number of thioether (sulfide) groups is 1. The Balaban J connectivity index is 1.87. The second-order valence-electron chi connectivity index (χ2n) is 5.16. The predicted molar refractivity (Wildman–Crippen MR) is 82.9 cm³/mol. The number of halogens is 1. The largest absolute Gasteiger partial charge is 0.454 e. The Morgan fingerprint density at radius 2 is 2.35 bits per heavy atom. The van der Waals surface area contributed by atoms with Crippen LogP contribution in [0.15, 0.2) is 12.1 Å². The van der Waals surface area contributed by atoms with Gasteiger partial charge >= 0.3 is 0 Å². The Morgan fingerprint density at radius 1 is 1.50 bits per heavy atom. The molecule has 0 aromatic heterocycles.